The highest BCUT2D eigenvalue weighted by Gasteiger charge is 2.19. The molecule has 0 radical (unpaired) electrons. The largest absolute Gasteiger partial charge is 0.299 e. The molecular weight excluding hydrogens is 227 g/mol. The number of hydrogen-bond acceptors (Lipinski definition) is 1. The van der Waals surface area contributed by atoms with Gasteiger partial charge in [-0.2, -0.15) is 0 Å². The van der Waals surface area contributed by atoms with Gasteiger partial charge >= 0.3 is 0 Å². The predicted octanol–water partition coefficient (Wildman–Crippen LogP) is 2.18. The van der Waals surface area contributed by atoms with Crippen molar-refractivity contribution in [3.63, 3.8) is 0 Å². The maximum atomic E-state index is 11.0. The summed E-state index contributed by atoms with van der Waals surface area (Å²) in [5.74, 6) is 0.898. The molecule has 0 heterocycles. The fraction of sp³-hybridized carbons (Fsp3) is 0.857. The average Bonchev–Trinajstić information content (AvgIpc) is 1.89. The number of halogens is 1. The van der Waals surface area contributed by atoms with E-state index in [-0.39, 0.29) is 0 Å². The molecule has 1 nitrogen and oxygen atoms in total. The zero-order valence-electron chi connectivity index (χ0n) is 5.40. The average molecular weight is 238 g/mol. The fourth-order valence-electron chi connectivity index (χ4n) is 1.22. The van der Waals surface area contributed by atoms with E-state index < -0.39 is 0 Å². The zero-order valence-corrected chi connectivity index (χ0v) is 7.56. The van der Waals surface area contributed by atoms with Crippen molar-refractivity contribution >= 4 is 28.4 Å². The third-order valence-electron chi connectivity index (χ3n) is 1.87. The topological polar surface area (TPSA) is 17.1 Å². The van der Waals surface area contributed by atoms with Crippen LogP contribution in [0.4, 0.5) is 0 Å². The highest BCUT2D eigenvalue weighted by Crippen LogP contribution is 2.21. The summed E-state index contributed by atoms with van der Waals surface area (Å²) in [4.78, 5) is 11.0. The number of carbonyl (C=O) groups is 1. The van der Waals surface area contributed by atoms with Crippen LogP contribution >= 0.6 is 22.6 Å². The van der Waals surface area contributed by atoms with Gasteiger partial charge in [-0.3, -0.25) is 4.79 Å². The number of rotatable bonds is 1. The molecule has 0 aromatic carbocycles. The third kappa shape index (κ3) is 1.92. The second-order valence-corrected chi connectivity index (χ2v) is 3.44. The first-order chi connectivity index (χ1) is 4.34. The monoisotopic (exact) mass is 238 g/mol. The number of ketones is 1. The Morgan fingerprint density at radius 2 is 2.33 bits per heavy atom. The molecule has 0 aliphatic heterocycles. The number of alkyl halides is 1. The summed E-state index contributed by atoms with van der Waals surface area (Å²) in [5.41, 5.74) is 0. The van der Waals surface area contributed by atoms with E-state index in [1.807, 2.05) is 0 Å². The van der Waals surface area contributed by atoms with Crippen LogP contribution in [-0.4, -0.2) is 10.2 Å². The number of carbonyl (C=O) groups excluding carboxylic acids is 1. The van der Waals surface area contributed by atoms with Crippen LogP contribution in [-0.2, 0) is 4.79 Å². The van der Waals surface area contributed by atoms with Crippen LogP contribution in [0.5, 0.6) is 0 Å². The molecule has 52 valence electrons. The smallest absolute Gasteiger partial charge is 0.136 e. The molecule has 0 bridgehead atoms. The normalized spacial score (nSPS) is 28.6. The molecule has 0 aromatic rings. The van der Waals surface area contributed by atoms with E-state index in [0.29, 0.717) is 11.7 Å². The fourth-order valence-corrected chi connectivity index (χ4v) is 2.15. The Kier molecular flexibility index (Phi) is 2.95. The lowest BCUT2D eigenvalue weighted by molar-refractivity contribution is -0.123. The zero-order chi connectivity index (χ0) is 6.69. The lowest BCUT2D eigenvalue weighted by Gasteiger charge is -2.17. The lowest BCUT2D eigenvalue weighted by atomic mass is 9.90. The van der Waals surface area contributed by atoms with Gasteiger partial charge in [-0.15, -0.1) is 0 Å². The SMILES string of the molecule is O=C1CCCCC1CI. The first kappa shape index (κ1) is 7.51. The van der Waals surface area contributed by atoms with Crippen LogP contribution in [0.3, 0.4) is 0 Å². The van der Waals surface area contributed by atoms with Crippen LogP contribution in [0.2, 0.25) is 0 Å². The molecule has 1 aliphatic rings. The lowest BCUT2D eigenvalue weighted by Crippen LogP contribution is -2.19. The number of Topliss-reactive ketones (excluding diaryl/α,β-unsaturated/α-hetero) is 1. The highest BCUT2D eigenvalue weighted by molar-refractivity contribution is 14.1. The standard InChI is InChI=1S/C7H11IO/c8-5-6-3-1-2-4-7(6)9/h6H,1-5H2. The first-order valence-corrected chi connectivity index (χ1v) is 4.96. The van der Waals surface area contributed by atoms with Crippen LogP contribution in [0.1, 0.15) is 25.7 Å². The van der Waals surface area contributed by atoms with Gasteiger partial charge in [0.25, 0.3) is 0 Å². The predicted molar refractivity (Wildman–Crippen MR) is 45.9 cm³/mol. The Morgan fingerprint density at radius 1 is 1.56 bits per heavy atom. The van der Waals surface area contributed by atoms with Gasteiger partial charge in [-0.05, 0) is 12.8 Å². The first-order valence-electron chi connectivity index (χ1n) is 3.43. The molecule has 1 fully saturated rings. The molecule has 0 saturated heterocycles. The van der Waals surface area contributed by atoms with Crippen molar-refractivity contribution in [2.45, 2.75) is 25.7 Å². The molecule has 1 aliphatic carbocycles. The maximum Gasteiger partial charge on any atom is 0.136 e. The van der Waals surface area contributed by atoms with Gasteiger partial charge < -0.3 is 0 Å². The molecule has 1 rings (SSSR count). The van der Waals surface area contributed by atoms with E-state index >= 15 is 0 Å². The summed E-state index contributed by atoms with van der Waals surface area (Å²) in [6.45, 7) is 0. The molecule has 0 spiro atoms. The van der Waals surface area contributed by atoms with Gasteiger partial charge in [-0.25, -0.2) is 0 Å². The van der Waals surface area contributed by atoms with Gasteiger partial charge in [0.05, 0.1) is 0 Å². The molecule has 2 heteroatoms. The Labute approximate surface area is 69.3 Å². The Bertz CT molecular complexity index is 111. The molecule has 1 atom stereocenters. The van der Waals surface area contributed by atoms with Crippen molar-refractivity contribution in [1.29, 1.82) is 0 Å². The van der Waals surface area contributed by atoms with Crippen LogP contribution in [0.25, 0.3) is 0 Å². The van der Waals surface area contributed by atoms with Gasteiger partial charge in [0, 0.05) is 16.8 Å². The third-order valence-corrected chi connectivity index (χ3v) is 2.93. The summed E-state index contributed by atoms with van der Waals surface area (Å²) in [6, 6.07) is 0. The van der Waals surface area contributed by atoms with Crippen LogP contribution in [0.15, 0.2) is 0 Å². The van der Waals surface area contributed by atoms with Gasteiger partial charge in [0.15, 0.2) is 0 Å². The van der Waals surface area contributed by atoms with E-state index in [1.54, 1.807) is 0 Å². The summed E-state index contributed by atoms with van der Waals surface area (Å²) >= 11 is 2.30. The minimum atomic E-state index is 0.402. The summed E-state index contributed by atoms with van der Waals surface area (Å²) in [7, 11) is 0. The highest BCUT2D eigenvalue weighted by atomic mass is 127. The molecule has 0 amide bonds. The van der Waals surface area contributed by atoms with Crippen molar-refractivity contribution in [2.75, 3.05) is 4.43 Å². The van der Waals surface area contributed by atoms with Crippen molar-refractivity contribution in [2.24, 2.45) is 5.92 Å². The molecule has 9 heavy (non-hydrogen) atoms. The van der Waals surface area contributed by atoms with Gasteiger partial charge in [0.2, 0.25) is 0 Å². The quantitative estimate of drug-likeness (QED) is 0.505. The van der Waals surface area contributed by atoms with E-state index in [4.69, 9.17) is 0 Å². The van der Waals surface area contributed by atoms with Crippen molar-refractivity contribution < 1.29 is 4.79 Å². The van der Waals surface area contributed by atoms with Crippen molar-refractivity contribution in [1.82, 2.24) is 0 Å². The van der Waals surface area contributed by atoms with Crippen molar-refractivity contribution in [3.05, 3.63) is 0 Å². The van der Waals surface area contributed by atoms with E-state index in [9.17, 15) is 4.79 Å². The summed E-state index contributed by atoms with van der Waals surface area (Å²) in [6.07, 6.45) is 4.38. The second-order valence-electron chi connectivity index (χ2n) is 2.56. The van der Waals surface area contributed by atoms with Crippen molar-refractivity contribution in [3.8, 4) is 0 Å². The summed E-state index contributed by atoms with van der Waals surface area (Å²) < 4.78 is 1.02. The van der Waals surface area contributed by atoms with E-state index in [0.717, 1.165) is 23.7 Å². The Hall–Kier alpha value is 0.400. The minimum Gasteiger partial charge on any atom is -0.299 e. The Morgan fingerprint density at radius 3 is 2.78 bits per heavy atom. The second kappa shape index (κ2) is 3.54. The number of hydrogen-bond donors (Lipinski definition) is 0. The van der Waals surface area contributed by atoms with Crippen LogP contribution in [0, 0.1) is 5.92 Å². The van der Waals surface area contributed by atoms with Crippen LogP contribution < -0.4 is 0 Å². The molecule has 0 N–H and O–H groups in total. The van der Waals surface area contributed by atoms with Gasteiger partial charge in [-0.1, -0.05) is 29.0 Å². The van der Waals surface area contributed by atoms with Gasteiger partial charge in [0.1, 0.15) is 5.78 Å². The van der Waals surface area contributed by atoms with E-state index in [2.05, 4.69) is 22.6 Å². The Balaban J connectivity index is 2.39. The molecule has 0 aromatic heterocycles. The summed E-state index contributed by atoms with van der Waals surface area (Å²) in [5, 5.41) is 0. The molecule has 1 unspecified atom stereocenters. The molecular formula is C7H11IO. The minimum absolute atomic E-state index is 0.402. The maximum absolute atomic E-state index is 11.0. The van der Waals surface area contributed by atoms with E-state index in [1.165, 1.54) is 6.42 Å². The molecule has 1 saturated carbocycles.